The van der Waals surface area contributed by atoms with Crippen LogP contribution in [-0.2, 0) is 11.3 Å². The third-order valence-corrected chi connectivity index (χ3v) is 5.48. The summed E-state index contributed by atoms with van der Waals surface area (Å²) in [5.74, 6) is -0.000831. The topological polar surface area (TPSA) is 51.2 Å². The maximum Gasteiger partial charge on any atom is 0.236 e. The van der Waals surface area contributed by atoms with Gasteiger partial charge in [-0.05, 0) is 44.4 Å². The highest BCUT2D eigenvalue weighted by Crippen LogP contribution is 2.12. The summed E-state index contributed by atoms with van der Waals surface area (Å²) in [4.78, 5) is 23.2. The number of likely N-dealkylation sites (tertiary alicyclic amines) is 1. The van der Waals surface area contributed by atoms with Crippen LogP contribution < -0.4 is 5.32 Å². The molecule has 1 amide bonds. The Balaban J connectivity index is 0.00000320. The number of halogens is 3. The molecule has 168 valence electrons. The van der Waals surface area contributed by atoms with E-state index in [9.17, 15) is 13.6 Å². The van der Waals surface area contributed by atoms with Crippen molar-refractivity contribution < 1.29 is 13.6 Å². The first-order chi connectivity index (χ1) is 14.1. The first kappa shape index (κ1) is 24.8. The third kappa shape index (κ3) is 7.04. The summed E-state index contributed by atoms with van der Waals surface area (Å²) in [6, 6.07) is 3.43. The van der Waals surface area contributed by atoms with Crippen molar-refractivity contribution in [3.8, 4) is 0 Å². The third-order valence-electron chi connectivity index (χ3n) is 5.48. The quantitative estimate of drug-likeness (QED) is 0.358. The van der Waals surface area contributed by atoms with Crippen molar-refractivity contribution in [3.05, 3.63) is 35.4 Å². The highest BCUT2D eigenvalue weighted by Gasteiger charge is 2.24. The number of benzene rings is 1. The fourth-order valence-electron chi connectivity index (χ4n) is 3.80. The number of rotatable bonds is 5. The molecule has 0 bridgehead atoms. The number of nitrogens with one attached hydrogen (secondary N) is 1. The second kappa shape index (κ2) is 12.4. The molecule has 2 saturated heterocycles. The summed E-state index contributed by atoms with van der Waals surface area (Å²) in [6.45, 7) is 8.02. The average molecular weight is 535 g/mol. The van der Waals surface area contributed by atoms with Crippen molar-refractivity contribution in [2.75, 3.05) is 52.4 Å². The van der Waals surface area contributed by atoms with Gasteiger partial charge in [-0.25, -0.2) is 13.8 Å². The lowest BCUT2D eigenvalue weighted by Gasteiger charge is -2.37. The zero-order valence-corrected chi connectivity index (χ0v) is 19.9. The molecule has 0 radical (unpaired) electrons. The summed E-state index contributed by atoms with van der Waals surface area (Å²) < 4.78 is 27.2. The summed E-state index contributed by atoms with van der Waals surface area (Å²) in [6.07, 6.45) is 3.43. The van der Waals surface area contributed by atoms with Crippen molar-refractivity contribution >= 4 is 35.8 Å². The first-order valence-electron chi connectivity index (χ1n) is 10.5. The van der Waals surface area contributed by atoms with Gasteiger partial charge < -0.3 is 15.1 Å². The Morgan fingerprint density at radius 1 is 1.03 bits per heavy atom. The van der Waals surface area contributed by atoms with Crippen LogP contribution in [0, 0.1) is 11.6 Å². The number of amides is 1. The van der Waals surface area contributed by atoms with Gasteiger partial charge in [0, 0.05) is 51.4 Å². The SMILES string of the molecule is CCNC(=NCc1cc(F)ccc1F)N1CCN(CC(=O)N2CCCCC2)CC1.I. The number of carbonyl (C=O) groups excluding carboxylic acids is 1. The van der Waals surface area contributed by atoms with Crippen molar-refractivity contribution in [1.29, 1.82) is 0 Å². The van der Waals surface area contributed by atoms with Gasteiger partial charge in [-0.2, -0.15) is 0 Å². The van der Waals surface area contributed by atoms with Gasteiger partial charge in [-0.1, -0.05) is 0 Å². The van der Waals surface area contributed by atoms with Crippen LogP contribution >= 0.6 is 24.0 Å². The zero-order chi connectivity index (χ0) is 20.6. The van der Waals surface area contributed by atoms with Gasteiger partial charge in [-0.3, -0.25) is 9.69 Å². The molecule has 1 N–H and O–H groups in total. The number of nitrogens with zero attached hydrogens (tertiary/aromatic N) is 4. The number of carbonyl (C=O) groups is 1. The molecule has 6 nitrogen and oxygen atoms in total. The molecule has 0 aromatic heterocycles. The number of hydrogen-bond acceptors (Lipinski definition) is 3. The Morgan fingerprint density at radius 3 is 2.40 bits per heavy atom. The van der Waals surface area contributed by atoms with E-state index in [1.807, 2.05) is 11.8 Å². The van der Waals surface area contributed by atoms with Crippen LogP contribution in [0.5, 0.6) is 0 Å². The molecule has 3 rings (SSSR count). The van der Waals surface area contributed by atoms with E-state index in [0.717, 1.165) is 64.2 Å². The molecular formula is C21H32F2IN5O. The molecule has 0 spiro atoms. The normalized spacial score (nSPS) is 18.2. The molecule has 1 aromatic rings. The molecule has 2 fully saturated rings. The fourth-order valence-corrected chi connectivity index (χ4v) is 3.80. The van der Waals surface area contributed by atoms with Gasteiger partial charge in [0.05, 0.1) is 13.1 Å². The van der Waals surface area contributed by atoms with E-state index in [1.165, 1.54) is 12.5 Å². The maximum atomic E-state index is 13.9. The van der Waals surface area contributed by atoms with Gasteiger partial charge in [0.2, 0.25) is 5.91 Å². The van der Waals surface area contributed by atoms with Gasteiger partial charge in [0.1, 0.15) is 11.6 Å². The minimum atomic E-state index is -0.464. The molecule has 1 aromatic carbocycles. The maximum absolute atomic E-state index is 13.9. The highest BCUT2D eigenvalue weighted by molar-refractivity contribution is 14.0. The van der Waals surface area contributed by atoms with Crippen LogP contribution in [-0.4, -0.2) is 78.9 Å². The number of piperazine rings is 1. The molecule has 0 atom stereocenters. The van der Waals surface area contributed by atoms with E-state index >= 15 is 0 Å². The predicted octanol–water partition coefficient (Wildman–Crippen LogP) is 2.68. The van der Waals surface area contributed by atoms with Crippen LogP contribution in [0.1, 0.15) is 31.7 Å². The molecule has 0 unspecified atom stereocenters. The smallest absolute Gasteiger partial charge is 0.236 e. The molecule has 2 heterocycles. The lowest BCUT2D eigenvalue weighted by atomic mass is 10.1. The van der Waals surface area contributed by atoms with Crippen molar-refractivity contribution in [1.82, 2.24) is 20.0 Å². The van der Waals surface area contributed by atoms with Gasteiger partial charge in [0.15, 0.2) is 5.96 Å². The van der Waals surface area contributed by atoms with Crippen LogP contribution in [0.4, 0.5) is 8.78 Å². The Hall–Kier alpha value is -1.49. The minimum absolute atomic E-state index is 0. The van der Waals surface area contributed by atoms with E-state index in [4.69, 9.17) is 0 Å². The van der Waals surface area contributed by atoms with Gasteiger partial charge >= 0.3 is 0 Å². The Kier molecular flexibility index (Phi) is 10.2. The van der Waals surface area contributed by atoms with Crippen LogP contribution in [0.3, 0.4) is 0 Å². The summed E-state index contributed by atoms with van der Waals surface area (Å²) in [5.41, 5.74) is 0.242. The van der Waals surface area contributed by atoms with Crippen LogP contribution in [0.2, 0.25) is 0 Å². The predicted molar refractivity (Wildman–Crippen MR) is 125 cm³/mol. The Morgan fingerprint density at radius 2 is 1.73 bits per heavy atom. The summed E-state index contributed by atoms with van der Waals surface area (Å²) in [5, 5.41) is 3.23. The molecule has 30 heavy (non-hydrogen) atoms. The number of piperidine rings is 1. The van der Waals surface area contributed by atoms with E-state index in [1.54, 1.807) is 0 Å². The summed E-state index contributed by atoms with van der Waals surface area (Å²) in [7, 11) is 0. The summed E-state index contributed by atoms with van der Waals surface area (Å²) >= 11 is 0. The fraction of sp³-hybridized carbons (Fsp3) is 0.619. The van der Waals surface area contributed by atoms with E-state index in [-0.39, 0.29) is 42.0 Å². The van der Waals surface area contributed by atoms with E-state index in [2.05, 4.69) is 20.1 Å². The standard InChI is InChI=1S/C21H31F2N5O.HI/c1-2-24-21(25-15-17-14-18(22)6-7-19(17)23)28-12-10-26(11-13-28)16-20(29)27-8-4-3-5-9-27;/h6-7,14H,2-5,8-13,15-16H2,1H3,(H,24,25);1H. The molecule has 0 aliphatic carbocycles. The zero-order valence-electron chi connectivity index (χ0n) is 17.6. The van der Waals surface area contributed by atoms with E-state index in [0.29, 0.717) is 19.0 Å². The molecule has 0 saturated carbocycles. The van der Waals surface area contributed by atoms with Gasteiger partial charge in [-0.15, -0.1) is 24.0 Å². The average Bonchev–Trinajstić information content (AvgIpc) is 2.74. The number of aliphatic imine (C=N–C) groups is 1. The number of guanidine groups is 1. The Labute approximate surface area is 194 Å². The lowest BCUT2D eigenvalue weighted by molar-refractivity contribution is -0.133. The molecule has 9 heteroatoms. The number of hydrogen-bond donors (Lipinski definition) is 1. The van der Waals surface area contributed by atoms with Crippen LogP contribution in [0.25, 0.3) is 0 Å². The largest absolute Gasteiger partial charge is 0.357 e. The second-order valence-electron chi connectivity index (χ2n) is 7.61. The molecular weight excluding hydrogens is 503 g/mol. The first-order valence-corrected chi connectivity index (χ1v) is 10.5. The second-order valence-corrected chi connectivity index (χ2v) is 7.61. The van der Waals surface area contributed by atoms with Crippen LogP contribution in [0.15, 0.2) is 23.2 Å². The monoisotopic (exact) mass is 535 g/mol. The minimum Gasteiger partial charge on any atom is -0.357 e. The molecule has 2 aliphatic heterocycles. The van der Waals surface area contributed by atoms with Gasteiger partial charge in [0.25, 0.3) is 0 Å². The lowest BCUT2D eigenvalue weighted by Crippen LogP contribution is -2.54. The Bertz CT molecular complexity index is 719. The van der Waals surface area contributed by atoms with Crippen molar-refractivity contribution in [3.63, 3.8) is 0 Å². The van der Waals surface area contributed by atoms with Crippen molar-refractivity contribution in [2.24, 2.45) is 4.99 Å². The van der Waals surface area contributed by atoms with E-state index < -0.39 is 11.6 Å². The molecule has 2 aliphatic rings. The highest BCUT2D eigenvalue weighted by atomic mass is 127. The van der Waals surface area contributed by atoms with Crippen molar-refractivity contribution in [2.45, 2.75) is 32.7 Å².